The maximum atomic E-state index is 11.4. The number of aromatic nitrogens is 1. The van der Waals surface area contributed by atoms with E-state index in [1.807, 2.05) is 6.07 Å². The highest BCUT2D eigenvalue weighted by Gasteiger charge is 2.42. The van der Waals surface area contributed by atoms with Gasteiger partial charge in [-0.3, -0.25) is 0 Å². The van der Waals surface area contributed by atoms with Crippen molar-refractivity contribution in [3.8, 4) is 0 Å². The summed E-state index contributed by atoms with van der Waals surface area (Å²) in [6.07, 6.45) is 5.13. The second-order valence-corrected chi connectivity index (χ2v) is 10.7. The number of carboxylic acid groups (broad SMARTS) is 1. The van der Waals surface area contributed by atoms with E-state index < -0.39 is 21.4 Å². The first-order chi connectivity index (χ1) is 13.3. The number of hydrogen-bond acceptors (Lipinski definition) is 7. The van der Waals surface area contributed by atoms with Crippen LogP contribution in [0.5, 0.6) is 0 Å². The van der Waals surface area contributed by atoms with Crippen molar-refractivity contribution in [3.05, 3.63) is 45.3 Å². The summed E-state index contributed by atoms with van der Waals surface area (Å²) in [5.41, 5.74) is 1.31. The van der Waals surface area contributed by atoms with E-state index in [1.165, 1.54) is 17.6 Å². The second kappa shape index (κ2) is 7.13. The number of sulfone groups is 1. The molecule has 4 rings (SSSR count). The molecule has 0 aromatic carbocycles. The highest BCUT2D eigenvalue weighted by atomic mass is 32.2. The number of carbonyl (C=O) groups is 1. The van der Waals surface area contributed by atoms with Crippen LogP contribution in [0.2, 0.25) is 0 Å². The number of anilines is 1. The number of aromatic carboxylic acids is 1. The number of carboxylic acids is 1. The van der Waals surface area contributed by atoms with Crippen LogP contribution in [0.15, 0.2) is 24.4 Å². The number of thiophene rings is 1. The van der Waals surface area contributed by atoms with E-state index in [0.29, 0.717) is 17.0 Å². The Bertz CT molecular complexity index is 990. The summed E-state index contributed by atoms with van der Waals surface area (Å²) < 4.78 is 29.0. The van der Waals surface area contributed by atoms with E-state index in [4.69, 9.17) is 4.74 Å². The number of rotatable bonds is 4. The highest BCUT2D eigenvalue weighted by molar-refractivity contribution is 7.89. The maximum absolute atomic E-state index is 11.4. The predicted octanol–water partition coefficient (Wildman–Crippen LogP) is 2.45. The zero-order chi connectivity index (χ0) is 19.9. The van der Waals surface area contributed by atoms with Crippen molar-refractivity contribution >= 4 is 33.0 Å². The fourth-order valence-electron chi connectivity index (χ4n) is 4.02. The lowest BCUT2D eigenvalue weighted by Crippen LogP contribution is -2.46. The first-order valence-electron chi connectivity index (χ1n) is 9.14. The zero-order valence-corrected chi connectivity index (χ0v) is 17.2. The number of piperidine rings is 1. The predicted molar refractivity (Wildman–Crippen MR) is 107 cm³/mol. The third-order valence-corrected chi connectivity index (χ3v) is 7.39. The summed E-state index contributed by atoms with van der Waals surface area (Å²) in [7, 11) is -3.08. The average molecular weight is 423 g/mol. The summed E-state index contributed by atoms with van der Waals surface area (Å²) >= 11 is 1.36. The van der Waals surface area contributed by atoms with Crippen LogP contribution >= 0.6 is 11.3 Å². The smallest absolute Gasteiger partial charge is 0.345 e. The van der Waals surface area contributed by atoms with Gasteiger partial charge in [-0.05, 0) is 36.1 Å². The number of pyridine rings is 1. The summed E-state index contributed by atoms with van der Waals surface area (Å²) in [4.78, 5) is 19.5. The minimum absolute atomic E-state index is 0.00985. The van der Waals surface area contributed by atoms with Crippen molar-refractivity contribution < 1.29 is 23.1 Å². The van der Waals surface area contributed by atoms with Gasteiger partial charge in [-0.2, -0.15) is 0 Å². The van der Waals surface area contributed by atoms with Crippen molar-refractivity contribution in [2.75, 3.05) is 30.9 Å². The molecule has 2 aromatic rings. The molecule has 2 aromatic heterocycles. The molecule has 1 spiro atoms. The Labute approximate surface area is 167 Å². The first kappa shape index (κ1) is 19.4. The van der Waals surface area contributed by atoms with Gasteiger partial charge in [0.2, 0.25) is 0 Å². The van der Waals surface area contributed by atoms with Crippen LogP contribution < -0.4 is 4.90 Å². The standard InChI is InChI=1S/C19H22N2O5S2/c1-28(24,25)12-13-2-3-17(20-11-13)21-7-5-19(6-8-21)14-10-16(18(22)23)27-15(14)4-9-26-19/h2-3,10-11H,4-9,12H2,1H3,(H,22,23). The third kappa shape index (κ3) is 3.78. The van der Waals surface area contributed by atoms with Gasteiger partial charge in [0.05, 0.1) is 18.0 Å². The molecule has 4 heterocycles. The lowest BCUT2D eigenvalue weighted by Gasteiger charge is -2.44. The van der Waals surface area contributed by atoms with Gasteiger partial charge in [0.25, 0.3) is 0 Å². The van der Waals surface area contributed by atoms with Crippen molar-refractivity contribution in [1.82, 2.24) is 4.98 Å². The minimum atomic E-state index is -3.08. The van der Waals surface area contributed by atoms with Crippen molar-refractivity contribution in [3.63, 3.8) is 0 Å². The van der Waals surface area contributed by atoms with Crippen molar-refractivity contribution in [2.45, 2.75) is 30.6 Å². The molecular formula is C19H22N2O5S2. The fraction of sp³-hybridized carbons (Fsp3) is 0.474. The van der Waals surface area contributed by atoms with Crippen LogP contribution in [0.1, 0.15) is 38.5 Å². The Morgan fingerprint density at radius 2 is 2.11 bits per heavy atom. The lowest BCUT2D eigenvalue weighted by molar-refractivity contribution is -0.0757. The van der Waals surface area contributed by atoms with Crippen molar-refractivity contribution in [2.24, 2.45) is 0 Å². The van der Waals surface area contributed by atoms with Gasteiger partial charge < -0.3 is 14.7 Å². The molecule has 1 saturated heterocycles. The quantitative estimate of drug-likeness (QED) is 0.808. The van der Waals surface area contributed by atoms with E-state index in [1.54, 1.807) is 18.3 Å². The Hall–Kier alpha value is -1.97. The van der Waals surface area contributed by atoms with E-state index in [-0.39, 0.29) is 5.75 Å². The molecular weight excluding hydrogens is 400 g/mol. The van der Waals surface area contributed by atoms with Crippen LogP contribution in [0.3, 0.4) is 0 Å². The Kier molecular flexibility index (Phi) is 4.93. The molecule has 7 nitrogen and oxygen atoms in total. The molecule has 0 unspecified atom stereocenters. The van der Waals surface area contributed by atoms with E-state index >= 15 is 0 Å². The monoisotopic (exact) mass is 422 g/mol. The number of ether oxygens (including phenoxy) is 1. The van der Waals surface area contributed by atoms with Gasteiger partial charge in [-0.25, -0.2) is 18.2 Å². The van der Waals surface area contributed by atoms with Gasteiger partial charge >= 0.3 is 5.97 Å². The van der Waals surface area contributed by atoms with Crippen LogP contribution in [-0.4, -0.2) is 50.4 Å². The largest absolute Gasteiger partial charge is 0.477 e. The molecule has 9 heteroatoms. The van der Waals surface area contributed by atoms with Gasteiger partial charge in [0.1, 0.15) is 10.7 Å². The summed E-state index contributed by atoms with van der Waals surface area (Å²) in [6, 6.07) is 5.45. The van der Waals surface area contributed by atoms with E-state index in [0.717, 1.165) is 48.6 Å². The van der Waals surface area contributed by atoms with Crippen LogP contribution in [0, 0.1) is 0 Å². The topological polar surface area (TPSA) is 96.8 Å². The van der Waals surface area contributed by atoms with E-state index in [9.17, 15) is 18.3 Å². The maximum Gasteiger partial charge on any atom is 0.345 e. The number of nitrogens with zero attached hydrogens (tertiary/aromatic N) is 2. The molecule has 0 radical (unpaired) electrons. The van der Waals surface area contributed by atoms with Crippen molar-refractivity contribution in [1.29, 1.82) is 0 Å². The van der Waals surface area contributed by atoms with Gasteiger partial charge in [-0.1, -0.05) is 6.07 Å². The summed E-state index contributed by atoms with van der Waals surface area (Å²) in [5.74, 6) is -0.0746. The fourth-order valence-corrected chi connectivity index (χ4v) is 5.87. The molecule has 2 aliphatic heterocycles. The zero-order valence-electron chi connectivity index (χ0n) is 15.6. The molecule has 0 amide bonds. The average Bonchev–Trinajstić information content (AvgIpc) is 3.08. The van der Waals surface area contributed by atoms with Gasteiger partial charge in [0, 0.05) is 36.8 Å². The van der Waals surface area contributed by atoms with Crippen LogP contribution in [-0.2, 0) is 32.3 Å². The third-order valence-electron chi connectivity index (χ3n) is 5.35. The highest BCUT2D eigenvalue weighted by Crippen LogP contribution is 2.45. The number of fused-ring (bicyclic) bond motifs is 2. The molecule has 1 N–H and O–H groups in total. The lowest BCUT2D eigenvalue weighted by atomic mass is 9.82. The molecule has 28 heavy (non-hydrogen) atoms. The first-order valence-corrected chi connectivity index (χ1v) is 12.0. The summed E-state index contributed by atoms with van der Waals surface area (Å²) in [5, 5.41) is 9.32. The molecule has 0 aliphatic carbocycles. The molecule has 1 fully saturated rings. The molecule has 0 saturated carbocycles. The normalized spacial score (nSPS) is 18.8. The molecule has 0 atom stereocenters. The molecule has 2 aliphatic rings. The Morgan fingerprint density at radius 3 is 2.71 bits per heavy atom. The minimum Gasteiger partial charge on any atom is -0.477 e. The Morgan fingerprint density at radius 1 is 1.36 bits per heavy atom. The van der Waals surface area contributed by atoms with Gasteiger partial charge in [0.15, 0.2) is 9.84 Å². The van der Waals surface area contributed by atoms with Crippen LogP contribution in [0.4, 0.5) is 5.82 Å². The molecule has 150 valence electrons. The Balaban J connectivity index is 1.49. The number of hydrogen-bond donors (Lipinski definition) is 1. The summed E-state index contributed by atoms with van der Waals surface area (Å²) in [6.45, 7) is 2.11. The second-order valence-electron chi connectivity index (χ2n) is 7.43. The van der Waals surface area contributed by atoms with E-state index in [2.05, 4.69) is 9.88 Å². The van der Waals surface area contributed by atoms with Crippen LogP contribution in [0.25, 0.3) is 0 Å². The SMILES string of the molecule is CS(=O)(=O)Cc1ccc(N2CCC3(CC2)OCCc2sc(C(=O)O)cc23)nc1. The molecule has 0 bridgehead atoms. The van der Waals surface area contributed by atoms with Gasteiger partial charge in [-0.15, -0.1) is 11.3 Å².